The Labute approximate surface area is 158 Å². The van der Waals surface area contributed by atoms with Crippen LogP contribution in [0.25, 0.3) is 10.2 Å². The first-order chi connectivity index (χ1) is 12.8. The van der Waals surface area contributed by atoms with Gasteiger partial charge in [0.1, 0.15) is 16.5 Å². The Morgan fingerprint density at radius 3 is 2.73 bits per heavy atom. The van der Waals surface area contributed by atoms with Gasteiger partial charge in [-0.15, -0.1) is 11.3 Å². The molecule has 1 aliphatic carbocycles. The molecule has 5 heteroatoms. The van der Waals surface area contributed by atoms with Gasteiger partial charge in [-0.2, -0.15) is 0 Å². The number of anilines is 1. The lowest BCUT2D eigenvalue weighted by Gasteiger charge is -2.18. The van der Waals surface area contributed by atoms with E-state index in [2.05, 4.69) is 36.5 Å². The maximum Gasteiger partial charge on any atom is 0.139 e. The van der Waals surface area contributed by atoms with E-state index >= 15 is 0 Å². The summed E-state index contributed by atoms with van der Waals surface area (Å²) in [5.41, 5.74) is 2.64. The first-order valence-corrected chi connectivity index (χ1v) is 10.3. The fraction of sp³-hybridized carbons (Fsp3) is 0.429. The highest BCUT2D eigenvalue weighted by Crippen LogP contribution is 2.39. The average Bonchev–Trinajstić information content (AvgIpc) is 3.05. The van der Waals surface area contributed by atoms with E-state index in [4.69, 9.17) is 9.97 Å². The molecule has 0 aliphatic heterocycles. The van der Waals surface area contributed by atoms with Gasteiger partial charge in [-0.3, -0.25) is 0 Å². The maximum atomic E-state index is 9.65. The van der Waals surface area contributed by atoms with E-state index < -0.39 is 0 Å². The molecule has 2 heterocycles. The summed E-state index contributed by atoms with van der Waals surface area (Å²) in [6.45, 7) is 2.20. The van der Waals surface area contributed by atoms with Gasteiger partial charge in [-0.25, -0.2) is 9.97 Å². The molecule has 1 atom stereocenters. The van der Waals surface area contributed by atoms with Crippen molar-refractivity contribution in [2.24, 2.45) is 0 Å². The lowest BCUT2D eigenvalue weighted by Crippen LogP contribution is -2.24. The van der Waals surface area contributed by atoms with Crippen LogP contribution in [0.4, 0.5) is 5.82 Å². The predicted octanol–water partition coefficient (Wildman–Crippen LogP) is 4.34. The minimum atomic E-state index is 0.0248. The molecular formula is C21H25N3OS. The smallest absolute Gasteiger partial charge is 0.139 e. The van der Waals surface area contributed by atoms with Gasteiger partial charge in [0.05, 0.1) is 18.0 Å². The van der Waals surface area contributed by atoms with Crippen molar-refractivity contribution in [3.63, 3.8) is 0 Å². The van der Waals surface area contributed by atoms with Crippen LogP contribution >= 0.6 is 11.3 Å². The second kappa shape index (κ2) is 7.72. The molecule has 0 bridgehead atoms. The Morgan fingerprint density at radius 1 is 1.15 bits per heavy atom. The topological polar surface area (TPSA) is 58.0 Å². The van der Waals surface area contributed by atoms with Crippen molar-refractivity contribution in [1.29, 1.82) is 0 Å². The summed E-state index contributed by atoms with van der Waals surface area (Å²) in [4.78, 5) is 12.3. The minimum absolute atomic E-state index is 0.0248. The molecule has 0 radical (unpaired) electrons. The van der Waals surface area contributed by atoms with Crippen molar-refractivity contribution in [1.82, 2.24) is 9.97 Å². The standard InChI is InChI=1S/C21H25N3OS/c1-2-15(13-25)22-20-19-16-10-6-7-11-17(16)26-21(19)24-18(23-20)12-14-8-4-3-5-9-14/h3-5,8-9,15,25H,2,6-7,10-13H2,1H3,(H,22,23,24). The Kier molecular flexibility index (Phi) is 5.18. The quantitative estimate of drug-likeness (QED) is 0.680. The molecule has 2 aromatic heterocycles. The summed E-state index contributed by atoms with van der Waals surface area (Å²) >= 11 is 1.83. The summed E-state index contributed by atoms with van der Waals surface area (Å²) in [6.07, 6.45) is 6.36. The first-order valence-electron chi connectivity index (χ1n) is 9.51. The average molecular weight is 368 g/mol. The van der Waals surface area contributed by atoms with Crippen molar-refractivity contribution in [3.05, 3.63) is 52.2 Å². The molecule has 136 valence electrons. The summed E-state index contributed by atoms with van der Waals surface area (Å²) in [5, 5.41) is 14.3. The molecule has 1 aromatic carbocycles. The molecule has 2 N–H and O–H groups in total. The fourth-order valence-electron chi connectivity index (χ4n) is 3.63. The zero-order valence-electron chi connectivity index (χ0n) is 15.2. The van der Waals surface area contributed by atoms with Crippen LogP contribution in [0.15, 0.2) is 30.3 Å². The maximum absolute atomic E-state index is 9.65. The Balaban J connectivity index is 1.79. The second-order valence-corrected chi connectivity index (χ2v) is 8.06. The molecule has 4 nitrogen and oxygen atoms in total. The van der Waals surface area contributed by atoms with Gasteiger partial charge in [-0.05, 0) is 43.2 Å². The molecule has 0 saturated heterocycles. The van der Waals surface area contributed by atoms with Crippen molar-refractivity contribution in [2.75, 3.05) is 11.9 Å². The van der Waals surface area contributed by atoms with Gasteiger partial charge in [0.2, 0.25) is 0 Å². The Bertz CT molecular complexity index is 887. The third-order valence-corrected chi connectivity index (χ3v) is 6.31. The molecule has 0 amide bonds. The number of aryl methyl sites for hydroxylation is 2. The summed E-state index contributed by atoms with van der Waals surface area (Å²) in [6, 6.07) is 10.4. The summed E-state index contributed by atoms with van der Waals surface area (Å²) in [5.74, 6) is 1.75. The number of benzene rings is 1. The molecule has 1 unspecified atom stereocenters. The molecule has 0 fully saturated rings. The summed E-state index contributed by atoms with van der Waals surface area (Å²) < 4.78 is 0. The van der Waals surface area contributed by atoms with E-state index in [1.807, 2.05) is 17.4 Å². The van der Waals surface area contributed by atoms with Gasteiger partial charge < -0.3 is 10.4 Å². The number of rotatable bonds is 6. The lowest BCUT2D eigenvalue weighted by atomic mass is 9.97. The normalized spacial score (nSPS) is 15.0. The minimum Gasteiger partial charge on any atom is -0.394 e. The molecule has 26 heavy (non-hydrogen) atoms. The predicted molar refractivity (Wildman–Crippen MR) is 108 cm³/mol. The number of nitrogens with zero attached hydrogens (tertiary/aromatic N) is 2. The van der Waals surface area contributed by atoms with Crippen LogP contribution in [-0.2, 0) is 19.3 Å². The highest BCUT2D eigenvalue weighted by atomic mass is 32.1. The molecular weight excluding hydrogens is 342 g/mol. The van der Waals surface area contributed by atoms with Crippen LogP contribution < -0.4 is 5.32 Å². The SMILES string of the molecule is CCC(CO)Nc1nc(Cc2ccccc2)nc2sc3c(c12)CCCC3. The molecule has 4 rings (SSSR count). The molecule has 3 aromatic rings. The van der Waals surface area contributed by atoms with Crippen LogP contribution in [0.3, 0.4) is 0 Å². The summed E-state index contributed by atoms with van der Waals surface area (Å²) in [7, 11) is 0. The lowest BCUT2D eigenvalue weighted by molar-refractivity contribution is 0.271. The zero-order chi connectivity index (χ0) is 17.9. The van der Waals surface area contributed by atoms with Gasteiger partial charge in [0, 0.05) is 11.3 Å². The van der Waals surface area contributed by atoms with Gasteiger partial charge in [0.25, 0.3) is 0 Å². The van der Waals surface area contributed by atoms with Crippen molar-refractivity contribution < 1.29 is 5.11 Å². The third-order valence-electron chi connectivity index (χ3n) is 5.12. The van der Waals surface area contributed by atoms with Crippen LogP contribution in [0.2, 0.25) is 0 Å². The van der Waals surface area contributed by atoms with Crippen molar-refractivity contribution >= 4 is 27.4 Å². The van der Waals surface area contributed by atoms with E-state index in [9.17, 15) is 5.11 Å². The van der Waals surface area contributed by atoms with Gasteiger partial charge in [0.15, 0.2) is 0 Å². The van der Waals surface area contributed by atoms with Gasteiger partial charge in [-0.1, -0.05) is 37.3 Å². The number of thiophene rings is 1. The second-order valence-electron chi connectivity index (χ2n) is 6.97. The van der Waals surface area contributed by atoms with Gasteiger partial charge >= 0.3 is 0 Å². The molecule has 0 saturated carbocycles. The highest BCUT2D eigenvalue weighted by molar-refractivity contribution is 7.19. The van der Waals surface area contributed by atoms with E-state index in [0.717, 1.165) is 42.2 Å². The number of aliphatic hydroxyl groups excluding tert-OH is 1. The van der Waals surface area contributed by atoms with E-state index in [-0.39, 0.29) is 12.6 Å². The zero-order valence-corrected chi connectivity index (χ0v) is 16.0. The number of hydrogen-bond donors (Lipinski definition) is 2. The number of hydrogen-bond acceptors (Lipinski definition) is 5. The van der Waals surface area contributed by atoms with E-state index in [1.165, 1.54) is 34.2 Å². The number of aromatic nitrogens is 2. The third kappa shape index (κ3) is 3.46. The number of nitrogens with one attached hydrogen (secondary N) is 1. The van der Waals surface area contributed by atoms with Crippen LogP contribution in [0.5, 0.6) is 0 Å². The van der Waals surface area contributed by atoms with Crippen molar-refractivity contribution in [3.8, 4) is 0 Å². The van der Waals surface area contributed by atoms with Crippen LogP contribution in [0.1, 0.15) is 48.0 Å². The van der Waals surface area contributed by atoms with E-state index in [1.54, 1.807) is 0 Å². The van der Waals surface area contributed by atoms with Crippen LogP contribution in [-0.4, -0.2) is 27.7 Å². The monoisotopic (exact) mass is 367 g/mol. The number of aliphatic hydroxyl groups is 1. The largest absolute Gasteiger partial charge is 0.394 e. The Morgan fingerprint density at radius 2 is 1.96 bits per heavy atom. The van der Waals surface area contributed by atoms with Crippen LogP contribution in [0, 0.1) is 0 Å². The fourth-order valence-corrected chi connectivity index (χ4v) is 4.91. The number of fused-ring (bicyclic) bond motifs is 3. The first kappa shape index (κ1) is 17.4. The van der Waals surface area contributed by atoms with E-state index in [0.29, 0.717) is 0 Å². The molecule has 1 aliphatic rings. The highest BCUT2D eigenvalue weighted by Gasteiger charge is 2.22. The Hall–Kier alpha value is -1.98. The van der Waals surface area contributed by atoms with Crippen molar-refractivity contribution in [2.45, 2.75) is 51.5 Å². The molecule has 0 spiro atoms.